The van der Waals surface area contributed by atoms with E-state index >= 15 is 0 Å². The molecule has 94 valence electrons. The summed E-state index contributed by atoms with van der Waals surface area (Å²) < 4.78 is 5.52. The largest absolute Gasteiger partial charge is 0.494 e. The zero-order valence-corrected chi connectivity index (χ0v) is 10.7. The zero-order chi connectivity index (χ0) is 12.7. The molecule has 0 radical (unpaired) electrons. The van der Waals surface area contributed by atoms with Crippen LogP contribution in [0.5, 0.6) is 5.75 Å². The minimum absolute atomic E-state index is 0.0162. The van der Waals surface area contributed by atoms with Crippen LogP contribution in [0.4, 0.5) is 0 Å². The molecule has 0 aliphatic rings. The number of aryl methyl sites for hydroxylation is 1. The van der Waals surface area contributed by atoms with Crippen LogP contribution in [0.3, 0.4) is 0 Å². The van der Waals surface area contributed by atoms with E-state index in [0.717, 1.165) is 5.75 Å². The molecule has 4 heteroatoms. The summed E-state index contributed by atoms with van der Waals surface area (Å²) in [4.78, 5) is 11.3. The summed E-state index contributed by atoms with van der Waals surface area (Å²) in [6.45, 7) is 2.60. The quantitative estimate of drug-likeness (QED) is 0.604. The molecule has 17 heavy (non-hydrogen) atoms. The van der Waals surface area contributed by atoms with Crippen molar-refractivity contribution in [3.8, 4) is 5.75 Å². The lowest BCUT2D eigenvalue weighted by Gasteiger charge is -2.11. The summed E-state index contributed by atoms with van der Waals surface area (Å²) in [6, 6.07) is 7.90. The molecular formula is C13H20N2O2. The van der Waals surface area contributed by atoms with Crippen molar-refractivity contribution >= 4 is 5.91 Å². The zero-order valence-electron chi connectivity index (χ0n) is 10.7. The Hall–Kier alpha value is -1.55. The van der Waals surface area contributed by atoms with Gasteiger partial charge in [0.25, 0.3) is 0 Å². The number of hydrogen-bond donors (Lipinski definition) is 1. The first-order valence-electron chi connectivity index (χ1n) is 5.74. The summed E-state index contributed by atoms with van der Waals surface area (Å²) in [5.41, 5.74) is 3.90. The second-order valence-corrected chi connectivity index (χ2v) is 4.19. The molecule has 1 N–H and O–H groups in total. The van der Waals surface area contributed by atoms with Crippen LogP contribution in [-0.2, 0) is 4.79 Å². The van der Waals surface area contributed by atoms with E-state index in [2.05, 4.69) is 5.43 Å². The first-order chi connectivity index (χ1) is 8.08. The fraction of sp³-hybridized carbons (Fsp3) is 0.462. The van der Waals surface area contributed by atoms with Crippen LogP contribution in [0, 0.1) is 6.92 Å². The number of hydrogen-bond acceptors (Lipinski definition) is 3. The molecule has 0 aliphatic heterocycles. The van der Waals surface area contributed by atoms with Gasteiger partial charge in [0, 0.05) is 20.5 Å². The summed E-state index contributed by atoms with van der Waals surface area (Å²) in [5, 5.41) is 1.64. The van der Waals surface area contributed by atoms with Gasteiger partial charge in [0.05, 0.1) is 6.61 Å². The van der Waals surface area contributed by atoms with Gasteiger partial charge in [-0.15, -0.1) is 0 Å². The fourth-order valence-corrected chi connectivity index (χ4v) is 1.36. The second-order valence-electron chi connectivity index (χ2n) is 4.19. The van der Waals surface area contributed by atoms with Gasteiger partial charge in [-0.1, -0.05) is 17.7 Å². The van der Waals surface area contributed by atoms with Crippen LogP contribution in [-0.4, -0.2) is 31.6 Å². The maximum Gasteiger partial charge on any atom is 0.234 e. The number of nitrogens with one attached hydrogen (secondary N) is 1. The molecule has 0 bridgehead atoms. The van der Waals surface area contributed by atoms with E-state index in [-0.39, 0.29) is 5.91 Å². The summed E-state index contributed by atoms with van der Waals surface area (Å²) in [7, 11) is 3.58. The van der Waals surface area contributed by atoms with Crippen LogP contribution in [0.1, 0.15) is 18.4 Å². The standard InChI is InChI=1S/C13H20N2O2/c1-11-6-8-12(9-7-11)17-10-4-5-13(16)14-15(2)3/h6-9H,4-5,10H2,1-3H3,(H,14,16). The molecule has 0 aliphatic carbocycles. The molecular weight excluding hydrogens is 216 g/mol. The van der Waals surface area contributed by atoms with Crippen molar-refractivity contribution in [1.29, 1.82) is 0 Å². The average Bonchev–Trinajstić information content (AvgIpc) is 2.26. The average molecular weight is 236 g/mol. The highest BCUT2D eigenvalue weighted by atomic mass is 16.5. The van der Waals surface area contributed by atoms with Crippen molar-refractivity contribution in [3.63, 3.8) is 0 Å². The van der Waals surface area contributed by atoms with Crippen LogP contribution in [0.25, 0.3) is 0 Å². The monoisotopic (exact) mass is 236 g/mol. The van der Waals surface area contributed by atoms with Gasteiger partial charge in [-0.2, -0.15) is 0 Å². The van der Waals surface area contributed by atoms with Crippen molar-refractivity contribution in [2.45, 2.75) is 19.8 Å². The Morgan fingerprint density at radius 1 is 1.29 bits per heavy atom. The number of amides is 1. The summed E-state index contributed by atoms with van der Waals surface area (Å²) >= 11 is 0. The highest BCUT2D eigenvalue weighted by molar-refractivity contribution is 5.75. The van der Waals surface area contributed by atoms with Crippen LogP contribution >= 0.6 is 0 Å². The number of hydrazine groups is 1. The predicted octanol–water partition coefficient (Wildman–Crippen LogP) is 1.75. The van der Waals surface area contributed by atoms with Crippen LogP contribution in [0.15, 0.2) is 24.3 Å². The first kappa shape index (κ1) is 13.5. The molecule has 0 spiro atoms. The van der Waals surface area contributed by atoms with Crippen molar-refractivity contribution < 1.29 is 9.53 Å². The number of nitrogens with zero attached hydrogens (tertiary/aromatic N) is 1. The Bertz CT molecular complexity index is 347. The van der Waals surface area contributed by atoms with Crippen molar-refractivity contribution in [3.05, 3.63) is 29.8 Å². The van der Waals surface area contributed by atoms with E-state index in [1.54, 1.807) is 19.1 Å². The number of rotatable bonds is 6. The minimum Gasteiger partial charge on any atom is -0.494 e. The van der Waals surface area contributed by atoms with Crippen molar-refractivity contribution in [1.82, 2.24) is 10.4 Å². The third kappa shape index (κ3) is 5.92. The highest BCUT2D eigenvalue weighted by Gasteiger charge is 2.01. The van der Waals surface area contributed by atoms with Gasteiger partial charge < -0.3 is 4.74 Å². The van der Waals surface area contributed by atoms with Crippen LogP contribution < -0.4 is 10.2 Å². The Morgan fingerprint density at radius 3 is 2.53 bits per heavy atom. The number of carbonyl (C=O) groups is 1. The van der Waals surface area contributed by atoms with E-state index in [4.69, 9.17) is 4.74 Å². The lowest BCUT2D eigenvalue weighted by molar-refractivity contribution is -0.125. The minimum atomic E-state index is 0.0162. The molecule has 1 aromatic carbocycles. The van der Waals surface area contributed by atoms with E-state index in [0.29, 0.717) is 19.4 Å². The van der Waals surface area contributed by atoms with Gasteiger partial charge in [-0.05, 0) is 25.5 Å². The Morgan fingerprint density at radius 2 is 1.94 bits per heavy atom. The normalized spacial score (nSPS) is 10.4. The number of carbonyl (C=O) groups excluding carboxylic acids is 1. The molecule has 4 nitrogen and oxygen atoms in total. The van der Waals surface area contributed by atoms with Crippen molar-refractivity contribution in [2.75, 3.05) is 20.7 Å². The van der Waals surface area contributed by atoms with Gasteiger partial charge in [-0.25, -0.2) is 5.01 Å². The van der Waals surface area contributed by atoms with Gasteiger partial charge in [0.1, 0.15) is 5.75 Å². The predicted molar refractivity (Wildman–Crippen MR) is 67.7 cm³/mol. The van der Waals surface area contributed by atoms with E-state index in [1.165, 1.54) is 5.56 Å². The maximum absolute atomic E-state index is 11.3. The molecule has 0 saturated heterocycles. The molecule has 0 heterocycles. The lowest BCUT2D eigenvalue weighted by Crippen LogP contribution is -2.36. The SMILES string of the molecule is Cc1ccc(OCCCC(=O)NN(C)C)cc1. The highest BCUT2D eigenvalue weighted by Crippen LogP contribution is 2.11. The lowest BCUT2D eigenvalue weighted by atomic mass is 10.2. The molecule has 0 unspecified atom stereocenters. The van der Waals surface area contributed by atoms with Gasteiger partial charge in [0.15, 0.2) is 0 Å². The van der Waals surface area contributed by atoms with E-state index < -0.39 is 0 Å². The Kier molecular flexibility index (Phi) is 5.49. The third-order valence-corrected chi connectivity index (χ3v) is 2.19. The first-order valence-corrected chi connectivity index (χ1v) is 5.74. The summed E-state index contributed by atoms with van der Waals surface area (Å²) in [6.07, 6.45) is 1.19. The Balaban J connectivity index is 2.16. The second kappa shape index (κ2) is 6.91. The molecule has 0 fully saturated rings. The number of ether oxygens (including phenoxy) is 1. The molecule has 0 atom stereocenters. The molecule has 1 rings (SSSR count). The topological polar surface area (TPSA) is 41.6 Å². The molecule has 1 amide bonds. The smallest absolute Gasteiger partial charge is 0.234 e. The molecule has 0 aromatic heterocycles. The van der Waals surface area contributed by atoms with E-state index in [9.17, 15) is 4.79 Å². The summed E-state index contributed by atoms with van der Waals surface area (Å²) in [5.74, 6) is 0.867. The fourth-order valence-electron chi connectivity index (χ4n) is 1.36. The van der Waals surface area contributed by atoms with Gasteiger partial charge >= 0.3 is 0 Å². The van der Waals surface area contributed by atoms with Crippen LogP contribution in [0.2, 0.25) is 0 Å². The van der Waals surface area contributed by atoms with E-state index in [1.807, 2.05) is 31.2 Å². The van der Waals surface area contributed by atoms with Crippen molar-refractivity contribution in [2.24, 2.45) is 0 Å². The Labute approximate surface area is 103 Å². The van der Waals surface area contributed by atoms with Gasteiger partial charge in [-0.3, -0.25) is 10.2 Å². The third-order valence-electron chi connectivity index (χ3n) is 2.19. The maximum atomic E-state index is 11.3. The molecule has 1 aromatic rings. The van der Waals surface area contributed by atoms with Gasteiger partial charge in [0.2, 0.25) is 5.91 Å². The molecule has 0 saturated carbocycles. The number of benzene rings is 1.